The Hall–Kier alpha value is -6.45. The van der Waals surface area contributed by atoms with Gasteiger partial charge in [0.1, 0.15) is 47.3 Å². The summed E-state index contributed by atoms with van der Waals surface area (Å²) in [4.78, 5) is 66.3. The minimum Gasteiger partial charge on any atom is -0.508 e. The van der Waals surface area contributed by atoms with Gasteiger partial charge < -0.3 is 45.4 Å². The van der Waals surface area contributed by atoms with Crippen molar-refractivity contribution in [3.8, 4) is 33.5 Å². The van der Waals surface area contributed by atoms with Crippen LogP contribution in [0, 0.1) is 24.0 Å². The van der Waals surface area contributed by atoms with Crippen molar-refractivity contribution in [3.63, 3.8) is 0 Å². The number of phenolic OH excluding ortho intramolecular Hbond substituents is 1. The van der Waals surface area contributed by atoms with Gasteiger partial charge in [0, 0.05) is 87.4 Å². The summed E-state index contributed by atoms with van der Waals surface area (Å²) in [6, 6.07) is 13.9. The number of thiazole rings is 1. The summed E-state index contributed by atoms with van der Waals surface area (Å²) in [5.74, 6) is -2.12. The number of aliphatic hydroxyl groups excluding tert-OH is 1. The number of phenols is 1. The molecule has 7 heterocycles. The van der Waals surface area contributed by atoms with E-state index in [4.69, 9.17) is 14.5 Å². The Balaban J connectivity index is 0.720. The third-order valence-electron chi connectivity index (χ3n) is 15.1. The lowest BCUT2D eigenvalue weighted by molar-refractivity contribution is -0.144. The molecule has 0 aliphatic carbocycles. The Morgan fingerprint density at radius 1 is 0.987 bits per heavy atom. The number of piperazine rings is 1. The highest BCUT2D eigenvalue weighted by Gasteiger charge is 2.44. The normalized spacial score (nSPS) is 21.2. The number of fused-ring (bicyclic) bond motifs is 4. The Labute approximate surface area is 444 Å². The average Bonchev–Trinajstić information content (AvgIpc) is 4.21. The molecule has 2 unspecified atom stereocenters. The summed E-state index contributed by atoms with van der Waals surface area (Å²) in [6.07, 6.45) is 5.34. The number of halogens is 2. The van der Waals surface area contributed by atoms with Crippen LogP contribution in [0.5, 0.6) is 11.8 Å². The molecule has 0 spiro atoms. The van der Waals surface area contributed by atoms with Crippen LogP contribution in [-0.4, -0.2) is 147 Å². The number of hydrogen-bond acceptors (Lipinski definition) is 15. The number of nitrogens with one attached hydrogen (secondary N) is 3. The van der Waals surface area contributed by atoms with Crippen molar-refractivity contribution < 1.29 is 42.9 Å². The predicted octanol–water partition coefficient (Wildman–Crippen LogP) is 6.65. The monoisotopic (exact) mass is 1060 g/mol. The van der Waals surface area contributed by atoms with Gasteiger partial charge in [0.25, 0.3) is 0 Å². The van der Waals surface area contributed by atoms with Crippen molar-refractivity contribution in [2.75, 3.05) is 57.4 Å². The maximum absolute atomic E-state index is 16.9. The highest BCUT2D eigenvalue weighted by molar-refractivity contribution is 7.13. The van der Waals surface area contributed by atoms with E-state index in [9.17, 15) is 24.6 Å². The molecular weight excluding hydrogens is 995 g/mol. The lowest BCUT2D eigenvalue weighted by Gasteiger charge is -2.35. The fourth-order valence-electron chi connectivity index (χ4n) is 11.2. The number of anilines is 1. The van der Waals surface area contributed by atoms with Gasteiger partial charge in [-0.25, -0.2) is 13.8 Å². The summed E-state index contributed by atoms with van der Waals surface area (Å²) in [7, 11) is 0. The number of aromatic nitrogens is 4. The van der Waals surface area contributed by atoms with Gasteiger partial charge in [0.2, 0.25) is 17.7 Å². The minimum atomic E-state index is -0.952. The first kappa shape index (κ1) is 53.0. The van der Waals surface area contributed by atoms with Crippen molar-refractivity contribution in [2.24, 2.45) is 5.41 Å². The largest absolute Gasteiger partial charge is 0.508 e. The van der Waals surface area contributed by atoms with Crippen LogP contribution in [0.4, 0.5) is 14.6 Å². The van der Waals surface area contributed by atoms with Gasteiger partial charge in [-0.1, -0.05) is 57.2 Å². The summed E-state index contributed by atoms with van der Waals surface area (Å²) in [5, 5.41) is 31.7. The predicted molar refractivity (Wildman–Crippen MR) is 286 cm³/mol. The molecule has 3 aromatic heterocycles. The van der Waals surface area contributed by atoms with E-state index in [1.807, 2.05) is 57.5 Å². The number of benzene rings is 3. The number of amides is 3. The lowest BCUT2D eigenvalue weighted by atomic mass is 9.85. The number of carbonyl (C=O) groups excluding carboxylic acids is 3. The van der Waals surface area contributed by atoms with Crippen molar-refractivity contribution in [2.45, 2.75) is 115 Å². The zero-order valence-corrected chi connectivity index (χ0v) is 44.2. The molecule has 20 heteroatoms. The second-order valence-electron chi connectivity index (χ2n) is 21.7. The molecule has 4 saturated heterocycles. The molecule has 5 N–H and O–H groups in total. The molecule has 4 aliphatic heterocycles. The van der Waals surface area contributed by atoms with E-state index in [0.717, 1.165) is 53.9 Å². The Morgan fingerprint density at radius 3 is 2.53 bits per heavy atom. The third kappa shape index (κ3) is 11.6. The number of carbonyl (C=O) groups is 3. The number of ether oxygens (including phenoxy) is 2. The summed E-state index contributed by atoms with van der Waals surface area (Å²) < 4.78 is 44.5. The van der Waals surface area contributed by atoms with Gasteiger partial charge in [-0.3, -0.25) is 24.3 Å². The quantitative estimate of drug-likeness (QED) is 0.0572. The van der Waals surface area contributed by atoms with E-state index < -0.39 is 41.1 Å². The van der Waals surface area contributed by atoms with Gasteiger partial charge in [-0.15, -0.1) is 11.3 Å². The molecule has 17 nitrogen and oxygen atoms in total. The van der Waals surface area contributed by atoms with Gasteiger partial charge in [-0.05, 0) is 85.7 Å². The van der Waals surface area contributed by atoms with Crippen LogP contribution in [0.3, 0.4) is 0 Å². The number of β-amino-alcohol motifs (C(OH)–C–C–N with tert-alkyl or cyclic N) is 1. The molecule has 4 aliphatic rings. The van der Waals surface area contributed by atoms with Crippen LogP contribution >= 0.6 is 11.3 Å². The lowest BCUT2D eigenvalue weighted by Crippen LogP contribution is -2.57. The molecule has 3 amide bonds. The first-order chi connectivity index (χ1) is 36.6. The Morgan fingerprint density at radius 2 is 1.78 bits per heavy atom. The topological polar surface area (TPSA) is 208 Å². The number of aromatic hydroxyl groups is 1. The van der Waals surface area contributed by atoms with Crippen molar-refractivity contribution >= 4 is 56.6 Å². The second kappa shape index (κ2) is 22.6. The number of pyridine rings is 1. The number of nitrogens with zero attached hydrogens (tertiary/aromatic N) is 7. The van der Waals surface area contributed by atoms with Crippen LogP contribution in [0.1, 0.15) is 77.0 Å². The van der Waals surface area contributed by atoms with Crippen LogP contribution in [0.2, 0.25) is 0 Å². The maximum atomic E-state index is 16.9. The average molecular weight is 1060 g/mol. The van der Waals surface area contributed by atoms with Crippen molar-refractivity contribution in [1.29, 1.82) is 0 Å². The fraction of sp³-hybridized carbons (Fsp3) is 0.482. The summed E-state index contributed by atoms with van der Waals surface area (Å²) in [5.41, 5.74) is 3.97. The zero-order valence-electron chi connectivity index (χ0n) is 43.4. The van der Waals surface area contributed by atoms with Gasteiger partial charge in [0.15, 0.2) is 5.82 Å². The van der Waals surface area contributed by atoms with E-state index in [1.165, 1.54) is 35.4 Å². The highest BCUT2D eigenvalue weighted by atomic mass is 32.1. The highest BCUT2D eigenvalue weighted by Crippen LogP contribution is 2.39. The van der Waals surface area contributed by atoms with E-state index in [2.05, 4.69) is 40.7 Å². The Kier molecular flexibility index (Phi) is 15.8. The first-order valence-corrected chi connectivity index (χ1v) is 27.2. The van der Waals surface area contributed by atoms with Crippen LogP contribution in [-0.2, 0) is 25.7 Å². The molecule has 76 heavy (non-hydrogen) atoms. The maximum Gasteiger partial charge on any atom is 0.319 e. The van der Waals surface area contributed by atoms with Crippen LogP contribution < -0.4 is 25.6 Å². The molecule has 0 radical (unpaired) electrons. The second-order valence-corrected chi connectivity index (χ2v) is 22.5. The van der Waals surface area contributed by atoms with Crippen molar-refractivity contribution in [3.05, 3.63) is 89.2 Å². The number of aliphatic hydroxyl groups is 1. The third-order valence-corrected chi connectivity index (χ3v) is 16.1. The van der Waals surface area contributed by atoms with Crippen molar-refractivity contribution in [1.82, 2.24) is 45.7 Å². The molecule has 4 fully saturated rings. The van der Waals surface area contributed by atoms with Crippen LogP contribution in [0.25, 0.3) is 43.4 Å². The van der Waals surface area contributed by atoms with E-state index in [0.29, 0.717) is 49.3 Å². The molecule has 2 bridgehead atoms. The molecule has 6 aromatic rings. The number of hydrogen-bond donors (Lipinski definition) is 5. The standard InChI is InChI=1S/C56H66F2N10O7S/c1-32-50(76-31-61-32)34-13-11-33(12-14-34)25-60-53(72)44-24-40(70)29-68(44)54(73)51(56(2,3)4)63-45(71)17-21-74-20-7-19-66-18-6-9-38(66)30-75-55-64-49-42(52(65-55)67-27-36-15-16-37(28-67)62-36)26-59-48(47(49)58)41-23-39(69)22-35-8-5-10-43(57)46(35)41/h5,8,10-14,22-23,26,31,36-38,40,44,51,62,69-70H,6-7,9,15-21,24-25,27-30H2,1-4H3,(H,60,72)(H,63,71)/t36?,37?,38-,40+,44-,51+/m0/s1. The molecule has 402 valence electrons. The molecular formula is C56H66F2N10O7S. The first-order valence-electron chi connectivity index (χ1n) is 26.4. The Bertz CT molecular complexity index is 3090. The summed E-state index contributed by atoms with van der Waals surface area (Å²) in [6.45, 7) is 11.5. The van der Waals surface area contributed by atoms with Gasteiger partial charge in [0.05, 0.1) is 34.2 Å². The summed E-state index contributed by atoms with van der Waals surface area (Å²) >= 11 is 1.57. The molecule has 3 aromatic carbocycles. The van der Waals surface area contributed by atoms with E-state index in [1.54, 1.807) is 17.4 Å². The number of aryl methyl sites for hydroxylation is 1. The molecule has 10 rings (SSSR count). The number of likely N-dealkylation sites (tertiary alicyclic amines) is 2. The molecule has 0 saturated carbocycles. The smallest absolute Gasteiger partial charge is 0.319 e. The zero-order chi connectivity index (χ0) is 53.3. The molecule has 6 atom stereocenters. The van der Waals surface area contributed by atoms with E-state index >= 15 is 8.78 Å². The van der Waals surface area contributed by atoms with Gasteiger partial charge >= 0.3 is 6.01 Å². The van der Waals surface area contributed by atoms with Gasteiger partial charge in [-0.2, -0.15) is 9.97 Å². The van der Waals surface area contributed by atoms with Crippen LogP contribution in [0.15, 0.2) is 66.3 Å². The minimum absolute atomic E-state index is 0.00431. The van der Waals surface area contributed by atoms with E-state index in [-0.39, 0.29) is 103 Å². The SMILES string of the molecule is Cc1ncsc1-c1ccc(CNC(=O)[C@@H]2C[C@@H](O)CN2C(=O)[C@@H](NC(=O)CCOCCCN2CCC[C@H]2COc2nc(N3CC4CCC(C3)N4)c3cnc(-c4cc(O)cc5cccc(F)c45)c(F)c3n2)C(C)(C)C)cc1. The fourth-order valence-corrected chi connectivity index (χ4v) is 12.0. The number of rotatable bonds is 18.